The van der Waals surface area contributed by atoms with Crippen LogP contribution in [0.1, 0.15) is 26.3 Å². The Hall–Kier alpha value is -3.02. The fourth-order valence-corrected chi connectivity index (χ4v) is 1.57. The van der Waals surface area contributed by atoms with E-state index in [1.807, 2.05) is 0 Å². The Kier molecular flexibility index (Phi) is 5.95. The van der Waals surface area contributed by atoms with Gasteiger partial charge < -0.3 is 19.7 Å². The zero-order valence-electron chi connectivity index (χ0n) is 11.9. The highest BCUT2D eigenvalue weighted by Gasteiger charge is 2.16. The number of carbonyl (C=O) groups is 2. The molecular formula is C16H16O6. The van der Waals surface area contributed by atoms with Crippen molar-refractivity contribution in [1.82, 2.24) is 0 Å². The lowest BCUT2D eigenvalue weighted by atomic mass is 10.0. The van der Waals surface area contributed by atoms with Crippen molar-refractivity contribution in [2.75, 3.05) is 13.2 Å². The number of carboxylic acid groups (broad SMARTS) is 2. The van der Waals surface area contributed by atoms with Crippen molar-refractivity contribution in [3.63, 3.8) is 0 Å². The molecule has 0 atom stereocenters. The van der Waals surface area contributed by atoms with E-state index in [4.69, 9.17) is 19.7 Å². The fraction of sp³-hybridized carbons (Fsp3) is 0.125. The maximum Gasteiger partial charge on any atom is 0.336 e. The first-order chi connectivity index (χ1) is 10.4. The molecule has 0 heterocycles. The summed E-state index contributed by atoms with van der Waals surface area (Å²) in [6.07, 6.45) is 1.45. The van der Waals surface area contributed by atoms with Crippen molar-refractivity contribution in [2.24, 2.45) is 0 Å². The zero-order valence-corrected chi connectivity index (χ0v) is 11.9. The van der Waals surface area contributed by atoms with E-state index in [0.29, 0.717) is 5.76 Å². The van der Waals surface area contributed by atoms with Crippen LogP contribution in [-0.2, 0) is 9.47 Å². The monoisotopic (exact) mass is 304 g/mol. The van der Waals surface area contributed by atoms with E-state index >= 15 is 0 Å². The predicted octanol–water partition coefficient (Wildman–Crippen LogP) is 2.79. The Morgan fingerprint density at radius 2 is 1.68 bits per heavy atom. The van der Waals surface area contributed by atoms with Crippen LogP contribution < -0.4 is 0 Å². The number of benzene rings is 1. The average molecular weight is 304 g/mol. The number of hydrogen-bond acceptors (Lipinski definition) is 4. The van der Waals surface area contributed by atoms with Crippen LogP contribution in [0.2, 0.25) is 0 Å². The first kappa shape index (κ1) is 17.0. The molecule has 0 amide bonds. The Morgan fingerprint density at radius 1 is 1.05 bits per heavy atom. The molecule has 1 aromatic carbocycles. The van der Waals surface area contributed by atoms with E-state index in [1.54, 1.807) is 0 Å². The second kappa shape index (κ2) is 7.68. The smallest absolute Gasteiger partial charge is 0.336 e. The molecule has 1 aromatic rings. The van der Waals surface area contributed by atoms with Gasteiger partial charge in [0.15, 0.2) is 0 Å². The topological polar surface area (TPSA) is 93.1 Å². The fourth-order valence-electron chi connectivity index (χ4n) is 1.57. The number of allylic oxidation sites excluding steroid dienone is 1. The summed E-state index contributed by atoms with van der Waals surface area (Å²) in [5.41, 5.74) is -0.110. The van der Waals surface area contributed by atoms with Gasteiger partial charge in [-0.1, -0.05) is 19.7 Å². The second-order valence-electron chi connectivity index (χ2n) is 4.16. The minimum atomic E-state index is -1.26. The van der Waals surface area contributed by atoms with Crippen LogP contribution in [0.3, 0.4) is 0 Å². The van der Waals surface area contributed by atoms with Gasteiger partial charge in [0.1, 0.15) is 24.7 Å². The van der Waals surface area contributed by atoms with E-state index < -0.39 is 11.9 Å². The quantitative estimate of drug-likeness (QED) is 0.414. The molecule has 0 saturated carbocycles. The summed E-state index contributed by atoms with van der Waals surface area (Å²) < 4.78 is 10.4. The summed E-state index contributed by atoms with van der Waals surface area (Å²) in [6, 6.07) is 3.69. The first-order valence-electron chi connectivity index (χ1n) is 6.23. The average Bonchev–Trinajstić information content (AvgIpc) is 2.50. The van der Waals surface area contributed by atoms with E-state index in [1.165, 1.54) is 18.2 Å². The standard InChI is InChI=1S/C16H16O6/c1-4-10(2)21-7-8-22-11(3)13-6-5-12(15(17)18)9-14(13)16(19)20/h4-6,9H,1-3,7-8H2,(H,17,18)(H,19,20). The highest BCUT2D eigenvalue weighted by atomic mass is 16.5. The largest absolute Gasteiger partial charge is 0.491 e. The normalized spacial score (nSPS) is 9.64. The first-order valence-corrected chi connectivity index (χ1v) is 6.23. The summed E-state index contributed by atoms with van der Waals surface area (Å²) in [5, 5.41) is 18.0. The zero-order chi connectivity index (χ0) is 16.7. The molecule has 0 aliphatic carbocycles. The lowest BCUT2D eigenvalue weighted by molar-refractivity contribution is 0.0695. The summed E-state index contributed by atoms with van der Waals surface area (Å²) >= 11 is 0. The lowest BCUT2D eigenvalue weighted by Crippen LogP contribution is -2.08. The van der Waals surface area contributed by atoms with Crippen LogP contribution in [-0.4, -0.2) is 35.4 Å². The van der Waals surface area contributed by atoms with Crippen molar-refractivity contribution in [3.8, 4) is 0 Å². The van der Waals surface area contributed by atoms with Crippen LogP contribution in [0.4, 0.5) is 0 Å². The summed E-state index contributed by atoms with van der Waals surface area (Å²) in [5.74, 6) is -1.97. The number of rotatable bonds is 9. The van der Waals surface area contributed by atoms with Crippen LogP contribution in [0.25, 0.3) is 5.76 Å². The SMILES string of the molecule is C=CC(=C)OCCOC(=C)c1ccc(C(=O)O)cc1C(=O)O. The third-order valence-electron chi connectivity index (χ3n) is 2.67. The minimum absolute atomic E-state index is 0.113. The summed E-state index contributed by atoms with van der Waals surface area (Å²) in [7, 11) is 0. The highest BCUT2D eigenvalue weighted by molar-refractivity contribution is 5.97. The van der Waals surface area contributed by atoms with Gasteiger partial charge in [0, 0.05) is 5.56 Å². The molecule has 1 rings (SSSR count). The van der Waals surface area contributed by atoms with Gasteiger partial charge in [-0.15, -0.1) is 0 Å². The van der Waals surface area contributed by atoms with Gasteiger partial charge in [-0.3, -0.25) is 0 Å². The summed E-state index contributed by atoms with van der Waals surface area (Å²) in [4.78, 5) is 22.1. The highest BCUT2D eigenvalue weighted by Crippen LogP contribution is 2.21. The summed E-state index contributed by atoms with van der Waals surface area (Å²) in [6.45, 7) is 11.0. The third-order valence-corrected chi connectivity index (χ3v) is 2.67. The number of ether oxygens (including phenoxy) is 2. The molecular weight excluding hydrogens is 288 g/mol. The van der Waals surface area contributed by atoms with E-state index in [2.05, 4.69) is 19.7 Å². The maximum absolute atomic E-state index is 11.2. The molecule has 0 fully saturated rings. The van der Waals surface area contributed by atoms with Gasteiger partial charge in [-0.2, -0.15) is 0 Å². The molecule has 22 heavy (non-hydrogen) atoms. The molecule has 0 aromatic heterocycles. The van der Waals surface area contributed by atoms with Crippen LogP contribution in [0, 0.1) is 0 Å². The molecule has 2 N–H and O–H groups in total. The molecule has 0 unspecified atom stereocenters. The number of aromatic carboxylic acids is 2. The molecule has 0 spiro atoms. The Morgan fingerprint density at radius 3 is 2.23 bits per heavy atom. The van der Waals surface area contributed by atoms with Crippen LogP contribution >= 0.6 is 0 Å². The van der Waals surface area contributed by atoms with E-state index in [9.17, 15) is 9.59 Å². The molecule has 6 nitrogen and oxygen atoms in total. The van der Waals surface area contributed by atoms with Crippen molar-refractivity contribution in [1.29, 1.82) is 0 Å². The Labute approximate surface area is 127 Å². The van der Waals surface area contributed by atoms with Crippen LogP contribution in [0.15, 0.2) is 49.8 Å². The number of carboxylic acids is 2. The molecule has 6 heteroatoms. The van der Waals surface area contributed by atoms with Crippen molar-refractivity contribution < 1.29 is 29.3 Å². The molecule has 0 aliphatic heterocycles. The van der Waals surface area contributed by atoms with Gasteiger partial charge in [-0.25, -0.2) is 9.59 Å². The predicted molar refractivity (Wildman–Crippen MR) is 80.6 cm³/mol. The Bertz CT molecular complexity index is 630. The molecule has 0 bridgehead atoms. The molecule has 116 valence electrons. The van der Waals surface area contributed by atoms with Crippen molar-refractivity contribution in [2.45, 2.75) is 0 Å². The van der Waals surface area contributed by atoms with Gasteiger partial charge in [-0.05, 0) is 24.3 Å². The molecule has 0 radical (unpaired) electrons. The molecule has 0 saturated heterocycles. The van der Waals surface area contributed by atoms with Crippen molar-refractivity contribution in [3.05, 3.63) is 66.5 Å². The van der Waals surface area contributed by atoms with E-state index in [0.717, 1.165) is 6.07 Å². The minimum Gasteiger partial charge on any atom is -0.491 e. The molecule has 0 aliphatic rings. The number of hydrogen-bond donors (Lipinski definition) is 2. The van der Waals surface area contributed by atoms with Gasteiger partial charge in [0.05, 0.1) is 11.1 Å². The Balaban J connectivity index is 2.80. The lowest BCUT2D eigenvalue weighted by Gasteiger charge is -2.12. The van der Waals surface area contributed by atoms with Crippen LogP contribution in [0.5, 0.6) is 0 Å². The van der Waals surface area contributed by atoms with Gasteiger partial charge in [0.2, 0.25) is 0 Å². The maximum atomic E-state index is 11.2. The van der Waals surface area contributed by atoms with E-state index in [-0.39, 0.29) is 35.7 Å². The van der Waals surface area contributed by atoms with Gasteiger partial charge >= 0.3 is 11.9 Å². The third kappa shape index (κ3) is 4.52. The van der Waals surface area contributed by atoms with Gasteiger partial charge in [0.25, 0.3) is 0 Å². The second-order valence-corrected chi connectivity index (χ2v) is 4.16. The van der Waals surface area contributed by atoms with Crippen molar-refractivity contribution >= 4 is 17.7 Å².